The summed E-state index contributed by atoms with van der Waals surface area (Å²) in [5.41, 5.74) is 0. The molecule has 0 aromatic heterocycles. The maximum atomic E-state index is 11.7. The fraction of sp³-hybridized carbons (Fsp3) is 0.923. The van der Waals surface area contributed by atoms with Gasteiger partial charge in [0.05, 0.1) is 6.10 Å². The molecule has 2 fully saturated rings. The summed E-state index contributed by atoms with van der Waals surface area (Å²) in [4.78, 5) is 11.7. The highest BCUT2D eigenvalue weighted by Crippen LogP contribution is 2.33. The standard InChI is InChI=1S/C13H22O2/c14-12-9-5-4-8-11(12)13(15)10-6-2-1-3-7-10/h10-11,13,15H,1-9H2/t11-,13+/m0/s1. The van der Waals surface area contributed by atoms with E-state index in [9.17, 15) is 9.90 Å². The van der Waals surface area contributed by atoms with Crippen LogP contribution in [0.15, 0.2) is 0 Å². The molecule has 2 nitrogen and oxygen atoms in total. The first kappa shape index (κ1) is 11.1. The molecule has 0 heterocycles. The van der Waals surface area contributed by atoms with E-state index in [0.717, 1.165) is 32.1 Å². The molecule has 0 unspecified atom stereocenters. The molecule has 0 spiro atoms. The lowest BCUT2D eigenvalue weighted by molar-refractivity contribution is -0.130. The van der Waals surface area contributed by atoms with Gasteiger partial charge in [-0.05, 0) is 31.6 Å². The Bertz CT molecular complexity index is 219. The summed E-state index contributed by atoms with van der Waals surface area (Å²) in [6, 6.07) is 0. The van der Waals surface area contributed by atoms with Crippen molar-refractivity contribution in [1.29, 1.82) is 0 Å². The molecule has 2 aliphatic carbocycles. The Hall–Kier alpha value is -0.370. The molecule has 86 valence electrons. The number of carbonyl (C=O) groups is 1. The third kappa shape index (κ3) is 2.60. The van der Waals surface area contributed by atoms with Crippen molar-refractivity contribution in [2.75, 3.05) is 0 Å². The highest BCUT2D eigenvalue weighted by atomic mass is 16.3. The zero-order valence-corrected chi connectivity index (χ0v) is 9.45. The topological polar surface area (TPSA) is 37.3 Å². The number of hydrogen-bond acceptors (Lipinski definition) is 2. The summed E-state index contributed by atoms with van der Waals surface area (Å²) in [5, 5.41) is 10.2. The first-order chi connectivity index (χ1) is 7.29. The van der Waals surface area contributed by atoms with Crippen LogP contribution in [0.25, 0.3) is 0 Å². The molecule has 0 saturated heterocycles. The molecule has 0 radical (unpaired) electrons. The van der Waals surface area contributed by atoms with Gasteiger partial charge in [-0.3, -0.25) is 4.79 Å². The molecule has 2 rings (SSSR count). The van der Waals surface area contributed by atoms with E-state index in [1.807, 2.05) is 0 Å². The zero-order valence-electron chi connectivity index (χ0n) is 9.45. The van der Waals surface area contributed by atoms with Crippen LogP contribution in [0.3, 0.4) is 0 Å². The first-order valence-electron chi connectivity index (χ1n) is 6.50. The summed E-state index contributed by atoms with van der Waals surface area (Å²) in [5.74, 6) is 0.701. The minimum atomic E-state index is -0.335. The average molecular weight is 210 g/mol. The predicted molar refractivity (Wildman–Crippen MR) is 59.5 cm³/mol. The molecule has 0 amide bonds. The van der Waals surface area contributed by atoms with Crippen LogP contribution in [0.1, 0.15) is 57.8 Å². The van der Waals surface area contributed by atoms with Crippen molar-refractivity contribution < 1.29 is 9.90 Å². The third-order valence-electron chi connectivity index (χ3n) is 4.15. The van der Waals surface area contributed by atoms with Crippen LogP contribution in [0, 0.1) is 11.8 Å². The second kappa shape index (κ2) is 5.11. The van der Waals surface area contributed by atoms with Crippen LogP contribution in [0.4, 0.5) is 0 Å². The number of rotatable bonds is 2. The van der Waals surface area contributed by atoms with Crippen molar-refractivity contribution in [3.8, 4) is 0 Å². The summed E-state index contributed by atoms with van der Waals surface area (Å²) >= 11 is 0. The van der Waals surface area contributed by atoms with Crippen molar-refractivity contribution in [2.45, 2.75) is 63.9 Å². The van der Waals surface area contributed by atoms with Crippen molar-refractivity contribution >= 4 is 5.78 Å². The third-order valence-corrected chi connectivity index (χ3v) is 4.15. The van der Waals surface area contributed by atoms with E-state index in [0.29, 0.717) is 18.1 Å². The van der Waals surface area contributed by atoms with Gasteiger partial charge in [0.15, 0.2) is 0 Å². The fourth-order valence-corrected chi connectivity index (χ4v) is 3.18. The summed E-state index contributed by atoms with van der Waals surface area (Å²) in [6.45, 7) is 0. The van der Waals surface area contributed by atoms with Crippen LogP contribution in [0.5, 0.6) is 0 Å². The molecular formula is C13H22O2. The Morgan fingerprint density at radius 2 is 1.67 bits per heavy atom. The van der Waals surface area contributed by atoms with Gasteiger partial charge in [-0.15, -0.1) is 0 Å². The molecule has 15 heavy (non-hydrogen) atoms. The largest absolute Gasteiger partial charge is 0.392 e. The molecule has 0 bridgehead atoms. The minimum absolute atomic E-state index is 0.0261. The van der Waals surface area contributed by atoms with E-state index in [2.05, 4.69) is 0 Å². The SMILES string of the molecule is O=C1CCCC[C@@H]1[C@H](O)C1CCCCC1. The molecule has 2 atom stereocenters. The van der Waals surface area contributed by atoms with Crippen molar-refractivity contribution in [3.05, 3.63) is 0 Å². The number of carbonyl (C=O) groups excluding carboxylic acids is 1. The van der Waals surface area contributed by atoms with Gasteiger partial charge in [0.2, 0.25) is 0 Å². The van der Waals surface area contributed by atoms with E-state index in [1.54, 1.807) is 0 Å². The molecule has 0 aliphatic heterocycles. The van der Waals surface area contributed by atoms with Gasteiger partial charge < -0.3 is 5.11 Å². The monoisotopic (exact) mass is 210 g/mol. The Labute approximate surface area is 92.1 Å². The number of Topliss-reactive ketones (excluding diaryl/α,β-unsaturated/α-hetero) is 1. The van der Waals surface area contributed by atoms with Crippen LogP contribution in [-0.2, 0) is 4.79 Å². The van der Waals surface area contributed by atoms with E-state index in [1.165, 1.54) is 19.3 Å². The number of aliphatic hydroxyl groups excluding tert-OH is 1. The molecule has 1 N–H and O–H groups in total. The number of ketones is 1. The van der Waals surface area contributed by atoms with E-state index in [4.69, 9.17) is 0 Å². The molecule has 2 heteroatoms. The van der Waals surface area contributed by atoms with Crippen molar-refractivity contribution in [1.82, 2.24) is 0 Å². The summed E-state index contributed by atoms with van der Waals surface area (Å²) < 4.78 is 0. The average Bonchev–Trinajstić information content (AvgIpc) is 2.30. The molecule has 0 aromatic rings. The number of hydrogen-bond donors (Lipinski definition) is 1. The predicted octanol–water partition coefficient (Wildman–Crippen LogP) is 2.69. The van der Waals surface area contributed by atoms with Crippen LogP contribution in [-0.4, -0.2) is 17.0 Å². The van der Waals surface area contributed by atoms with Crippen LogP contribution < -0.4 is 0 Å². The van der Waals surface area contributed by atoms with Crippen molar-refractivity contribution in [3.63, 3.8) is 0 Å². The fourth-order valence-electron chi connectivity index (χ4n) is 3.18. The van der Waals surface area contributed by atoms with Gasteiger partial charge in [0.1, 0.15) is 5.78 Å². The second-order valence-electron chi connectivity index (χ2n) is 5.21. The molecule has 0 aromatic carbocycles. The summed E-state index contributed by atoms with van der Waals surface area (Å²) in [6.07, 6.45) is 9.50. The molecule has 2 aliphatic rings. The Morgan fingerprint density at radius 1 is 1.00 bits per heavy atom. The Balaban J connectivity index is 1.92. The van der Waals surface area contributed by atoms with Gasteiger partial charge in [-0.1, -0.05) is 25.7 Å². The lowest BCUT2D eigenvalue weighted by Crippen LogP contribution is -2.37. The smallest absolute Gasteiger partial charge is 0.138 e. The van der Waals surface area contributed by atoms with Crippen LogP contribution in [0.2, 0.25) is 0 Å². The van der Waals surface area contributed by atoms with Gasteiger partial charge in [0, 0.05) is 12.3 Å². The van der Waals surface area contributed by atoms with Gasteiger partial charge in [-0.25, -0.2) is 0 Å². The number of aliphatic hydroxyl groups is 1. The zero-order chi connectivity index (χ0) is 10.7. The maximum absolute atomic E-state index is 11.7. The van der Waals surface area contributed by atoms with E-state index < -0.39 is 0 Å². The Kier molecular flexibility index (Phi) is 3.79. The second-order valence-corrected chi connectivity index (χ2v) is 5.21. The quantitative estimate of drug-likeness (QED) is 0.761. The minimum Gasteiger partial charge on any atom is -0.392 e. The van der Waals surface area contributed by atoms with E-state index >= 15 is 0 Å². The van der Waals surface area contributed by atoms with Crippen molar-refractivity contribution in [2.24, 2.45) is 11.8 Å². The highest BCUT2D eigenvalue weighted by Gasteiger charge is 2.34. The normalized spacial score (nSPS) is 31.5. The lowest BCUT2D eigenvalue weighted by atomic mass is 9.75. The lowest BCUT2D eigenvalue weighted by Gasteiger charge is -2.33. The molecule has 2 saturated carbocycles. The maximum Gasteiger partial charge on any atom is 0.138 e. The van der Waals surface area contributed by atoms with Gasteiger partial charge >= 0.3 is 0 Å². The van der Waals surface area contributed by atoms with Gasteiger partial charge in [-0.2, -0.15) is 0 Å². The van der Waals surface area contributed by atoms with Crippen LogP contribution >= 0.6 is 0 Å². The highest BCUT2D eigenvalue weighted by molar-refractivity contribution is 5.82. The first-order valence-corrected chi connectivity index (χ1v) is 6.50. The molecular weight excluding hydrogens is 188 g/mol. The van der Waals surface area contributed by atoms with Gasteiger partial charge in [0.25, 0.3) is 0 Å². The summed E-state index contributed by atoms with van der Waals surface area (Å²) in [7, 11) is 0. The van der Waals surface area contributed by atoms with E-state index in [-0.39, 0.29) is 12.0 Å². The Morgan fingerprint density at radius 3 is 2.33 bits per heavy atom.